The highest BCUT2D eigenvalue weighted by Gasteiger charge is 2.37. The number of amides is 1. The second-order valence-electron chi connectivity index (χ2n) is 10.9. The molecule has 2 aliphatic heterocycles. The standard InChI is InChI=1S/C30H37F6N3O5.2ClH/c1-41-19-25-18-38(10-11-44-25)7-6-37-8-9-39(28(40)21-14-22(29(31,32)33)16-24(15-21)42-2)23(17-37)12-20-4-5-26(30(34,35)36)27(13-20)43-3;;/h4-5,13-16,23,25H,6-12,17-19H2,1-3H3;2*1H/t23-,25+;;/m1../s1. The van der Waals surface area contributed by atoms with Crippen molar-refractivity contribution in [2.45, 2.75) is 30.9 Å². The Hall–Kier alpha value is -2.49. The van der Waals surface area contributed by atoms with Crippen molar-refractivity contribution in [3.8, 4) is 11.5 Å². The van der Waals surface area contributed by atoms with Gasteiger partial charge in [-0.3, -0.25) is 14.6 Å². The average Bonchev–Trinajstić information content (AvgIpc) is 2.99. The van der Waals surface area contributed by atoms with E-state index in [0.29, 0.717) is 45.0 Å². The molecule has 2 aromatic carbocycles. The number of alkyl halides is 6. The molecule has 0 unspecified atom stereocenters. The Labute approximate surface area is 276 Å². The summed E-state index contributed by atoms with van der Waals surface area (Å²) in [5.41, 5.74) is -1.62. The quantitative estimate of drug-likeness (QED) is 0.311. The molecule has 260 valence electrons. The molecule has 2 aromatic rings. The highest BCUT2D eigenvalue weighted by molar-refractivity contribution is 5.95. The van der Waals surface area contributed by atoms with Crippen LogP contribution >= 0.6 is 24.8 Å². The third-order valence-corrected chi connectivity index (χ3v) is 7.89. The van der Waals surface area contributed by atoms with Crippen LogP contribution in [0.2, 0.25) is 0 Å². The minimum Gasteiger partial charge on any atom is -0.497 e. The number of hydrogen-bond acceptors (Lipinski definition) is 7. The maximum atomic E-state index is 13.7. The lowest BCUT2D eigenvalue weighted by molar-refractivity contribution is -0.139. The number of halogens is 8. The van der Waals surface area contributed by atoms with E-state index < -0.39 is 35.4 Å². The van der Waals surface area contributed by atoms with Crippen LogP contribution in [0.5, 0.6) is 11.5 Å². The third kappa shape index (κ3) is 10.3. The van der Waals surface area contributed by atoms with Gasteiger partial charge in [-0.25, -0.2) is 0 Å². The molecule has 0 bridgehead atoms. The van der Waals surface area contributed by atoms with E-state index in [9.17, 15) is 31.1 Å². The van der Waals surface area contributed by atoms with Crippen molar-refractivity contribution >= 4 is 30.7 Å². The molecule has 16 heteroatoms. The molecule has 2 atom stereocenters. The fourth-order valence-electron chi connectivity index (χ4n) is 5.66. The van der Waals surface area contributed by atoms with Crippen LogP contribution in [0.25, 0.3) is 0 Å². The van der Waals surface area contributed by atoms with Crippen LogP contribution in [0.1, 0.15) is 27.0 Å². The third-order valence-electron chi connectivity index (χ3n) is 7.89. The van der Waals surface area contributed by atoms with Gasteiger partial charge in [0.1, 0.15) is 11.5 Å². The first-order valence-corrected chi connectivity index (χ1v) is 14.2. The van der Waals surface area contributed by atoms with Gasteiger partial charge < -0.3 is 23.8 Å². The summed E-state index contributed by atoms with van der Waals surface area (Å²) in [6.07, 6.45) is -9.17. The number of hydrogen-bond donors (Lipinski definition) is 0. The monoisotopic (exact) mass is 705 g/mol. The van der Waals surface area contributed by atoms with Crippen molar-refractivity contribution < 1.29 is 50.1 Å². The number of benzene rings is 2. The molecule has 0 aliphatic carbocycles. The molecule has 0 saturated carbocycles. The molecule has 2 aliphatic rings. The Morgan fingerprint density at radius 3 is 2.17 bits per heavy atom. The second kappa shape index (κ2) is 17.1. The zero-order valence-electron chi connectivity index (χ0n) is 25.7. The molecule has 2 fully saturated rings. The zero-order valence-corrected chi connectivity index (χ0v) is 27.3. The lowest BCUT2D eigenvalue weighted by atomic mass is 9.98. The highest BCUT2D eigenvalue weighted by Crippen LogP contribution is 2.37. The molecule has 46 heavy (non-hydrogen) atoms. The first-order valence-electron chi connectivity index (χ1n) is 14.2. The second-order valence-corrected chi connectivity index (χ2v) is 10.9. The Kier molecular flexibility index (Phi) is 14.7. The Morgan fingerprint density at radius 2 is 1.57 bits per heavy atom. The largest absolute Gasteiger partial charge is 0.497 e. The maximum absolute atomic E-state index is 13.7. The summed E-state index contributed by atoms with van der Waals surface area (Å²) >= 11 is 0. The number of piperazine rings is 1. The van der Waals surface area contributed by atoms with Gasteiger partial charge in [-0.05, 0) is 42.3 Å². The lowest BCUT2D eigenvalue weighted by Crippen LogP contribution is -2.57. The first-order chi connectivity index (χ1) is 20.8. The van der Waals surface area contributed by atoms with E-state index in [1.54, 1.807) is 7.11 Å². The van der Waals surface area contributed by atoms with Crippen LogP contribution in [-0.2, 0) is 28.2 Å². The van der Waals surface area contributed by atoms with Crippen LogP contribution in [-0.4, -0.2) is 113 Å². The van der Waals surface area contributed by atoms with Gasteiger partial charge in [0, 0.05) is 64.5 Å². The van der Waals surface area contributed by atoms with Crippen LogP contribution in [0.15, 0.2) is 36.4 Å². The summed E-state index contributed by atoms with van der Waals surface area (Å²) in [5, 5.41) is 0. The number of ether oxygens (including phenoxy) is 4. The van der Waals surface area contributed by atoms with Crippen LogP contribution in [0.3, 0.4) is 0 Å². The van der Waals surface area contributed by atoms with Gasteiger partial charge in [-0.15, -0.1) is 24.8 Å². The van der Waals surface area contributed by atoms with E-state index >= 15 is 0 Å². The summed E-state index contributed by atoms with van der Waals surface area (Å²) in [6.45, 7) is 4.97. The van der Waals surface area contributed by atoms with Gasteiger partial charge in [-0.1, -0.05) is 6.07 Å². The maximum Gasteiger partial charge on any atom is 0.419 e. The number of rotatable bonds is 10. The van der Waals surface area contributed by atoms with Crippen molar-refractivity contribution in [2.75, 3.05) is 80.4 Å². The van der Waals surface area contributed by atoms with Crippen molar-refractivity contribution in [1.29, 1.82) is 0 Å². The summed E-state index contributed by atoms with van der Waals surface area (Å²) in [7, 11) is 3.98. The molecule has 0 radical (unpaired) electrons. The molecular formula is C30H39Cl2F6N3O5. The van der Waals surface area contributed by atoms with Crippen LogP contribution in [0.4, 0.5) is 26.3 Å². The number of carbonyl (C=O) groups is 1. The fraction of sp³-hybridized carbons (Fsp3) is 0.567. The zero-order chi connectivity index (χ0) is 32.1. The van der Waals surface area contributed by atoms with E-state index in [1.807, 2.05) is 0 Å². The van der Waals surface area contributed by atoms with Crippen LogP contribution in [0, 0.1) is 0 Å². The van der Waals surface area contributed by atoms with Crippen molar-refractivity contribution in [3.63, 3.8) is 0 Å². The van der Waals surface area contributed by atoms with Gasteiger partial charge in [0.15, 0.2) is 0 Å². The predicted molar refractivity (Wildman–Crippen MR) is 164 cm³/mol. The number of morpholine rings is 1. The van der Waals surface area contributed by atoms with Gasteiger partial charge in [0.25, 0.3) is 5.91 Å². The summed E-state index contributed by atoms with van der Waals surface area (Å²) in [6, 6.07) is 5.91. The number of carbonyl (C=O) groups excluding carboxylic acids is 1. The highest BCUT2D eigenvalue weighted by atomic mass is 35.5. The molecule has 1 amide bonds. The van der Waals surface area contributed by atoms with Gasteiger partial charge >= 0.3 is 12.4 Å². The number of methoxy groups -OCH3 is 3. The SMILES string of the molecule is COC[C@@H]1CN(CCN2CCN(C(=O)c3cc(OC)cc(C(F)(F)F)c3)[C@H](Cc3ccc(C(F)(F)F)c(OC)c3)C2)CCO1.Cl.Cl. The fourth-order valence-corrected chi connectivity index (χ4v) is 5.66. The molecule has 0 aromatic heterocycles. The minimum atomic E-state index is -4.69. The summed E-state index contributed by atoms with van der Waals surface area (Å²) in [5.74, 6) is -1.07. The van der Waals surface area contributed by atoms with Gasteiger partial charge in [0.2, 0.25) is 0 Å². The Balaban J connectivity index is 0.00000368. The Morgan fingerprint density at radius 1 is 0.870 bits per heavy atom. The minimum absolute atomic E-state index is 0. The van der Waals surface area contributed by atoms with E-state index in [4.69, 9.17) is 18.9 Å². The normalized spacial score (nSPS) is 19.6. The molecule has 2 saturated heterocycles. The van der Waals surface area contributed by atoms with E-state index in [1.165, 1.54) is 30.2 Å². The van der Waals surface area contributed by atoms with Gasteiger partial charge in [-0.2, -0.15) is 26.3 Å². The molecule has 0 N–H and O–H groups in total. The smallest absolute Gasteiger partial charge is 0.419 e. The Bertz CT molecular complexity index is 1280. The predicted octanol–water partition coefficient (Wildman–Crippen LogP) is 5.30. The van der Waals surface area contributed by atoms with Crippen LogP contribution < -0.4 is 9.47 Å². The lowest BCUT2D eigenvalue weighted by Gasteiger charge is -2.43. The van der Waals surface area contributed by atoms with Crippen molar-refractivity contribution in [3.05, 3.63) is 58.7 Å². The van der Waals surface area contributed by atoms with E-state index in [-0.39, 0.29) is 60.9 Å². The molecule has 4 rings (SSSR count). The summed E-state index contributed by atoms with van der Waals surface area (Å²) < 4.78 is 102. The first kappa shape index (κ1) is 39.7. The van der Waals surface area contributed by atoms with Gasteiger partial charge in [0.05, 0.1) is 44.7 Å². The molecule has 2 heterocycles. The van der Waals surface area contributed by atoms with E-state index in [2.05, 4.69) is 9.80 Å². The van der Waals surface area contributed by atoms with E-state index in [0.717, 1.165) is 38.4 Å². The molecular weight excluding hydrogens is 667 g/mol. The number of nitrogens with zero attached hydrogens (tertiary/aromatic N) is 3. The molecule has 8 nitrogen and oxygen atoms in total. The topological polar surface area (TPSA) is 63.7 Å². The summed E-state index contributed by atoms with van der Waals surface area (Å²) in [4.78, 5) is 19.7. The average molecular weight is 707 g/mol. The molecule has 0 spiro atoms. The van der Waals surface area contributed by atoms with Crippen molar-refractivity contribution in [1.82, 2.24) is 14.7 Å². The van der Waals surface area contributed by atoms with Crippen molar-refractivity contribution in [2.24, 2.45) is 0 Å².